The molecule has 0 fully saturated rings. The predicted octanol–water partition coefficient (Wildman–Crippen LogP) is 1.53. The summed E-state index contributed by atoms with van der Waals surface area (Å²) in [7, 11) is -2.13. The number of hydrogen-bond donors (Lipinski definition) is 2. The smallest absolute Gasteiger partial charge is 0.251 e. The van der Waals surface area contributed by atoms with Crippen molar-refractivity contribution in [3.05, 3.63) is 29.8 Å². The van der Waals surface area contributed by atoms with Gasteiger partial charge < -0.3 is 10.1 Å². The first-order valence-electron chi connectivity index (χ1n) is 7.41. The predicted molar refractivity (Wildman–Crippen MR) is 85.4 cm³/mol. The fourth-order valence-electron chi connectivity index (χ4n) is 1.73. The fourth-order valence-corrected chi connectivity index (χ4v) is 2.46. The van der Waals surface area contributed by atoms with Gasteiger partial charge in [-0.3, -0.25) is 4.79 Å². The van der Waals surface area contributed by atoms with Gasteiger partial charge in [-0.1, -0.05) is 13.3 Å². The third-order valence-corrected chi connectivity index (χ3v) is 4.52. The fraction of sp³-hybridized carbons (Fsp3) is 0.533. The van der Waals surface area contributed by atoms with E-state index in [1.54, 1.807) is 0 Å². The maximum atomic E-state index is 11.9. The quantitative estimate of drug-likeness (QED) is 0.638. The maximum absolute atomic E-state index is 11.9. The van der Waals surface area contributed by atoms with E-state index in [2.05, 4.69) is 17.0 Å². The molecule has 0 spiro atoms. The Labute approximate surface area is 132 Å². The molecule has 0 aliphatic rings. The molecular weight excluding hydrogens is 304 g/mol. The van der Waals surface area contributed by atoms with Gasteiger partial charge in [-0.15, -0.1) is 0 Å². The van der Waals surface area contributed by atoms with Crippen molar-refractivity contribution in [3.63, 3.8) is 0 Å². The minimum absolute atomic E-state index is 0.135. The molecule has 0 aliphatic heterocycles. The molecule has 2 N–H and O–H groups in total. The molecule has 0 aromatic heterocycles. The van der Waals surface area contributed by atoms with E-state index >= 15 is 0 Å². The summed E-state index contributed by atoms with van der Waals surface area (Å²) >= 11 is 0. The summed E-state index contributed by atoms with van der Waals surface area (Å²) in [5.74, 6) is -0.220. The second-order valence-electron chi connectivity index (χ2n) is 4.81. The number of nitrogens with one attached hydrogen (secondary N) is 2. The van der Waals surface area contributed by atoms with Gasteiger partial charge in [0.2, 0.25) is 10.0 Å². The van der Waals surface area contributed by atoms with E-state index in [9.17, 15) is 13.2 Å². The van der Waals surface area contributed by atoms with Crippen molar-refractivity contribution in [2.45, 2.75) is 31.1 Å². The average Bonchev–Trinajstić information content (AvgIpc) is 2.54. The van der Waals surface area contributed by atoms with Crippen LogP contribution in [-0.2, 0) is 14.8 Å². The summed E-state index contributed by atoms with van der Waals surface area (Å²) in [5, 5.41) is 2.78. The van der Waals surface area contributed by atoms with Gasteiger partial charge in [0, 0.05) is 25.3 Å². The molecule has 1 aromatic rings. The van der Waals surface area contributed by atoms with E-state index in [4.69, 9.17) is 4.74 Å². The van der Waals surface area contributed by atoms with E-state index in [1.165, 1.54) is 31.3 Å². The van der Waals surface area contributed by atoms with Gasteiger partial charge in [0.1, 0.15) is 0 Å². The molecule has 0 bridgehead atoms. The van der Waals surface area contributed by atoms with Gasteiger partial charge in [-0.25, -0.2) is 13.1 Å². The third-order valence-electron chi connectivity index (χ3n) is 3.09. The molecule has 0 saturated carbocycles. The normalized spacial score (nSPS) is 11.4. The van der Waals surface area contributed by atoms with Crippen LogP contribution in [0.3, 0.4) is 0 Å². The second kappa shape index (κ2) is 9.55. The second-order valence-corrected chi connectivity index (χ2v) is 6.69. The van der Waals surface area contributed by atoms with Crippen molar-refractivity contribution in [2.75, 3.05) is 26.8 Å². The zero-order valence-electron chi connectivity index (χ0n) is 13.1. The van der Waals surface area contributed by atoms with Crippen molar-refractivity contribution >= 4 is 15.9 Å². The number of sulfonamides is 1. The van der Waals surface area contributed by atoms with Crippen LogP contribution >= 0.6 is 0 Å². The first kappa shape index (κ1) is 18.6. The van der Waals surface area contributed by atoms with E-state index in [1.807, 2.05) is 0 Å². The lowest BCUT2D eigenvalue weighted by Gasteiger charge is -2.07. The van der Waals surface area contributed by atoms with Crippen LogP contribution in [-0.4, -0.2) is 41.1 Å². The SMILES string of the molecule is CCCCOCCCNC(=O)c1ccc(S(=O)(=O)NC)cc1. The average molecular weight is 328 g/mol. The molecule has 0 atom stereocenters. The number of rotatable bonds is 10. The monoisotopic (exact) mass is 328 g/mol. The van der Waals surface area contributed by atoms with Crippen LogP contribution in [0.4, 0.5) is 0 Å². The number of unbranched alkanes of at least 4 members (excludes halogenated alkanes) is 1. The highest BCUT2D eigenvalue weighted by Gasteiger charge is 2.12. The van der Waals surface area contributed by atoms with Crippen LogP contribution in [0.25, 0.3) is 0 Å². The molecule has 22 heavy (non-hydrogen) atoms. The van der Waals surface area contributed by atoms with Gasteiger partial charge in [-0.05, 0) is 44.2 Å². The Morgan fingerprint density at radius 3 is 2.36 bits per heavy atom. The van der Waals surface area contributed by atoms with E-state index < -0.39 is 10.0 Å². The number of carbonyl (C=O) groups excluding carboxylic acids is 1. The Balaban J connectivity index is 2.37. The number of hydrogen-bond acceptors (Lipinski definition) is 4. The van der Waals surface area contributed by atoms with Crippen molar-refractivity contribution in [1.29, 1.82) is 0 Å². The van der Waals surface area contributed by atoms with Gasteiger partial charge in [0.25, 0.3) is 5.91 Å². The molecule has 1 aromatic carbocycles. The highest BCUT2D eigenvalue weighted by molar-refractivity contribution is 7.89. The van der Waals surface area contributed by atoms with Gasteiger partial charge in [-0.2, -0.15) is 0 Å². The van der Waals surface area contributed by atoms with Gasteiger partial charge in [0.05, 0.1) is 4.90 Å². The molecular formula is C15H24N2O4S. The minimum atomic E-state index is -3.47. The molecule has 124 valence electrons. The highest BCUT2D eigenvalue weighted by Crippen LogP contribution is 2.10. The Morgan fingerprint density at radius 1 is 1.14 bits per heavy atom. The number of benzene rings is 1. The maximum Gasteiger partial charge on any atom is 0.251 e. The van der Waals surface area contributed by atoms with Crippen molar-refractivity contribution in [2.24, 2.45) is 0 Å². The molecule has 0 heterocycles. The summed E-state index contributed by atoms with van der Waals surface area (Å²) in [4.78, 5) is 12.0. The molecule has 7 heteroatoms. The van der Waals surface area contributed by atoms with Gasteiger partial charge >= 0.3 is 0 Å². The van der Waals surface area contributed by atoms with Crippen LogP contribution in [0.15, 0.2) is 29.2 Å². The van der Waals surface area contributed by atoms with Crippen LogP contribution in [0.5, 0.6) is 0 Å². The lowest BCUT2D eigenvalue weighted by atomic mass is 10.2. The highest BCUT2D eigenvalue weighted by atomic mass is 32.2. The Kier molecular flexibility index (Phi) is 8.08. The zero-order chi connectivity index (χ0) is 16.4. The number of ether oxygens (including phenoxy) is 1. The summed E-state index contributed by atoms with van der Waals surface area (Å²) in [6.45, 7) is 4.02. The topological polar surface area (TPSA) is 84.5 Å². The first-order valence-corrected chi connectivity index (χ1v) is 8.89. The third kappa shape index (κ3) is 6.13. The summed E-state index contributed by atoms with van der Waals surface area (Å²) < 4.78 is 30.8. The summed E-state index contributed by atoms with van der Waals surface area (Å²) in [6, 6.07) is 5.82. The Morgan fingerprint density at radius 2 is 1.77 bits per heavy atom. The van der Waals surface area contributed by atoms with Crippen molar-refractivity contribution in [3.8, 4) is 0 Å². The largest absolute Gasteiger partial charge is 0.381 e. The molecule has 0 radical (unpaired) electrons. The summed E-state index contributed by atoms with van der Waals surface area (Å²) in [6.07, 6.45) is 2.91. The lowest BCUT2D eigenvalue weighted by Crippen LogP contribution is -2.25. The lowest BCUT2D eigenvalue weighted by molar-refractivity contribution is 0.0940. The zero-order valence-corrected chi connectivity index (χ0v) is 13.9. The number of amides is 1. The summed E-state index contributed by atoms with van der Waals surface area (Å²) in [5.41, 5.74) is 0.432. The van der Waals surface area contributed by atoms with E-state index in [-0.39, 0.29) is 10.8 Å². The molecule has 0 aliphatic carbocycles. The molecule has 6 nitrogen and oxygen atoms in total. The Bertz CT molecular complexity index is 555. The standard InChI is InChI=1S/C15H24N2O4S/c1-3-4-11-21-12-5-10-17-15(18)13-6-8-14(9-7-13)22(19,20)16-2/h6-9,16H,3-5,10-12H2,1-2H3,(H,17,18). The van der Waals surface area contributed by atoms with Crippen LogP contribution in [0.2, 0.25) is 0 Å². The molecule has 1 rings (SSSR count). The Hall–Kier alpha value is -1.44. The molecule has 0 unspecified atom stereocenters. The van der Waals surface area contributed by atoms with Crippen LogP contribution < -0.4 is 10.0 Å². The minimum Gasteiger partial charge on any atom is -0.381 e. The van der Waals surface area contributed by atoms with Crippen molar-refractivity contribution < 1.29 is 17.9 Å². The van der Waals surface area contributed by atoms with Crippen LogP contribution in [0.1, 0.15) is 36.5 Å². The van der Waals surface area contributed by atoms with E-state index in [0.717, 1.165) is 25.9 Å². The van der Waals surface area contributed by atoms with Crippen molar-refractivity contribution in [1.82, 2.24) is 10.0 Å². The van der Waals surface area contributed by atoms with Crippen LogP contribution in [0, 0.1) is 0 Å². The number of carbonyl (C=O) groups is 1. The van der Waals surface area contributed by atoms with E-state index in [0.29, 0.717) is 18.7 Å². The first-order chi connectivity index (χ1) is 10.5. The molecule has 0 saturated heterocycles. The van der Waals surface area contributed by atoms with Gasteiger partial charge in [0.15, 0.2) is 0 Å². The molecule has 1 amide bonds.